The molecule has 1 N–H and O–H groups in total. The van der Waals surface area contributed by atoms with Gasteiger partial charge in [-0.05, 0) is 94.3 Å². The summed E-state index contributed by atoms with van der Waals surface area (Å²) in [4.78, 5) is 22.1. The predicted molar refractivity (Wildman–Crippen MR) is 167 cm³/mol. The Morgan fingerprint density at radius 2 is 1.82 bits per heavy atom. The Hall–Kier alpha value is -4.53. The lowest BCUT2D eigenvalue weighted by Crippen LogP contribution is -2.41. The van der Waals surface area contributed by atoms with Gasteiger partial charge in [-0.15, -0.1) is 0 Å². The lowest BCUT2D eigenvalue weighted by atomic mass is 9.88. The highest BCUT2D eigenvalue weighted by atomic mass is 19.1. The first-order chi connectivity index (χ1) is 21.0. The topological polar surface area (TPSA) is 76.0 Å². The number of carbonyl (C=O) groups excluding carboxylic acids is 1. The molecule has 0 atom stereocenters. The molecule has 4 heterocycles. The number of amides is 1. The number of halogens is 2. The summed E-state index contributed by atoms with van der Waals surface area (Å²) in [6, 6.07) is 14.0. The van der Waals surface area contributed by atoms with E-state index in [1.54, 1.807) is 23.2 Å². The monoisotopic (exact) mass is 597 g/mol. The average molecular weight is 598 g/mol. The maximum absolute atomic E-state index is 15.5. The van der Waals surface area contributed by atoms with Crippen LogP contribution >= 0.6 is 0 Å². The quantitative estimate of drug-likeness (QED) is 0.222. The van der Waals surface area contributed by atoms with Crippen LogP contribution in [0.1, 0.15) is 62.0 Å². The summed E-state index contributed by atoms with van der Waals surface area (Å²) in [5, 5.41) is 5.67. The molecule has 7 nitrogen and oxygen atoms in total. The standard InChI is InChI=1S/C35H37F2N5O2/c1-21-32(22(2)42(40-21)20-23-7-6-8-27(36)15-23)30-19-39-33-29(30)16-26(18-38-33)25-9-10-28(31(37)17-25)24-11-13-41(14-12-24)34(43)44-35(3,4)5/h6-10,15-19,24H,11-14,20H2,1-5H3,(H,38,39). The molecule has 0 saturated carbocycles. The molecule has 6 rings (SSSR count). The number of nitrogens with zero attached hydrogens (tertiary/aromatic N) is 4. The first kappa shape index (κ1) is 29.5. The van der Waals surface area contributed by atoms with Crippen LogP contribution in [0.3, 0.4) is 0 Å². The van der Waals surface area contributed by atoms with Crippen molar-refractivity contribution in [3.63, 3.8) is 0 Å². The van der Waals surface area contributed by atoms with Crippen LogP contribution in [0.25, 0.3) is 33.3 Å². The number of aromatic nitrogens is 4. The van der Waals surface area contributed by atoms with Gasteiger partial charge in [0.25, 0.3) is 0 Å². The number of pyridine rings is 1. The number of hydrogen-bond donors (Lipinski definition) is 1. The van der Waals surface area contributed by atoms with Crippen molar-refractivity contribution in [2.75, 3.05) is 13.1 Å². The number of benzene rings is 2. The second-order valence-corrected chi connectivity index (χ2v) is 12.6. The Bertz CT molecular complexity index is 1840. The van der Waals surface area contributed by atoms with Crippen molar-refractivity contribution < 1.29 is 18.3 Å². The molecule has 3 aromatic heterocycles. The number of ether oxygens (including phenoxy) is 1. The van der Waals surface area contributed by atoms with Crippen LogP contribution in [-0.2, 0) is 11.3 Å². The minimum Gasteiger partial charge on any atom is -0.444 e. The zero-order valence-electron chi connectivity index (χ0n) is 25.7. The third kappa shape index (κ3) is 5.96. The fourth-order valence-electron chi connectivity index (χ4n) is 6.15. The fourth-order valence-corrected chi connectivity index (χ4v) is 6.15. The van der Waals surface area contributed by atoms with E-state index in [-0.39, 0.29) is 23.6 Å². The molecule has 0 aliphatic carbocycles. The summed E-state index contributed by atoms with van der Waals surface area (Å²) in [6.45, 7) is 11.1. The van der Waals surface area contributed by atoms with E-state index in [0.717, 1.165) is 50.2 Å². The molecule has 228 valence electrons. The number of nitrogens with one attached hydrogen (secondary N) is 1. The van der Waals surface area contributed by atoms with Gasteiger partial charge in [0.05, 0.1) is 12.2 Å². The number of piperidine rings is 1. The zero-order chi connectivity index (χ0) is 31.2. The van der Waals surface area contributed by atoms with Crippen LogP contribution in [0.2, 0.25) is 0 Å². The smallest absolute Gasteiger partial charge is 0.410 e. The van der Waals surface area contributed by atoms with Crippen LogP contribution in [0.4, 0.5) is 13.6 Å². The maximum atomic E-state index is 15.5. The molecule has 0 spiro atoms. The van der Waals surface area contributed by atoms with E-state index in [1.165, 1.54) is 12.1 Å². The summed E-state index contributed by atoms with van der Waals surface area (Å²) in [5.74, 6) is -0.486. The van der Waals surface area contributed by atoms with Crippen molar-refractivity contribution in [1.82, 2.24) is 24.6 Å². The normalized spacial score (nSPS) is 14.4. The molecule has 0 bridgehead atoms. The molecule has 0 unspecified atom stereocenters. The van der Waals surface area contributed by atoms with E-state index >= 15 is 4.39 Å². The Morgan fingerprint density at radius 1 is 1.05 bits per heavy atom. The van der Waals surface area contributed by atoms with E-state index in [4.69, 9.17) is 9.84 Å². The molecule has 1 aliphatic rings. The van der Waals surface area contributed by atoms with E-state index < -0.39 is 5.60 Å². The molecule has 1 amide bonds. The molecule has 5 aromatic rings. The summed E-state index contributed by atoms with van der Waals surface area (Å²) < 4.78 is 36.7. The number of likely N-dealkylation sites (tertiary alicyclic amines) is 1. The number of carbonyl (C=O) groups is 1. The van der Waals surface area contributed by atoms with E-state index in [0.29, 0.717) is 38.0 Å². The molecule has 1 fully saturated rings. The van der Waals surface area contributed by atoms with Crippen molar-refractivity contribution >= 4 is 17.1 Å². The second kappa shape index (κ2) is 11.5. The second-order valence-electron chi connectivity index (χ2n) is 12.6. The van der Waals surface area contributed by atoms with Crippen molar-refractivity contribution in [3.05, 3.63) is 95.1 Å². The Morgan fingerprint density at radius 3 is 2.52 bits per heavy atom. The Labute approximate surface area is 255 Å². The number of hydrogen-bond acceptors (Lipinski definition) is 4. The van der Waals surface area contributed by atoms with E-state index in [2.05, 4.69) is 9.97 Å². The molecule has 0 radical (unpaired) electrons. The minimum absolute atomic E-state index is 0.0366. The van der Waals surface area contributed by atoms with Gasteiger partial charge in [0.15, 0.2) is 0 Å². The molecule has 9 heteroatoms. The largest absolute Gasteiger partial charge is 0.444 e. The lowest BCUT2D eigenvalue weighted by Gasteiger charge is -2.33. The number of rotatable bonds is 5. The van der Waals surface area contributed by atoms with Crippen LogP contribution in [0.5, 0.6) is 0 Å². The number of aromatic amines is 1. The van der Waals surface area contributed by atoms with Crippen LogP contribution in [0, 0.1) is 25.5 Å². The van der Waals surface area contributed by atoms with Gasteiger partial charge < -0.3 is 14.6 Å². The fraction of sp³-hybridized carbons (Fsp3) is 0.343. The maximum Gasteiger partial charge on any atom is 0.410 e. The summed E-state index contributed by atoms with van der Waals surface area (Å²) in [7, 11) is 0. The van der Waals surface area contributed by atoms with E-state index in [9.17, 15) is 9.18 Å². The van der Waals surface area contributed by atoms with Crippen LogP contribution < -0.4 is 0 Å². The summed E-state index contributed by atoms with van der Waals surface area (Å²) in [5.41, 5.74) is 7.03. The van der Waals surface area contributed by atoms with Gasteiger partial charge in [0.1, 0.15) is 22.9 Å². The highest BCUT2D eigenvalue weighted by Gasteiger charge is 2.29. The lowest BCUT2D eigenvalue weighted by molar-refractivity contribution is 0.0204. The molecule has 44 heavy (non-hydrogen) atoms. The molecule has 1 saturated heterocycles. The third-order valence-electron chi connectivity index (χ3n) is 8.32. The number of H-pyrrole nitrogens is 1. The summed E-state index contributed by atoms with van der Waals surface area (Å²) in [6.07, 6.45) is 4.73. The first-order valence-corrected chi connectivity index (χ1v) is 15.0. The average Bonchev–Trinajstić information content (AvgIpc) is 3.50. The minimum atomic E-state index is -0.543. The summed E-state index contributed by atoms with van der Waals surface area (Å²) >= 11 is 0. The van der Waals surface area contributed by atoms with Crippen LogP contribution in [0.15, 0.2) is 60.9 Å². The molecule has 1 aliphatic heterocycles. The van der Waals surface area contributed by atoms with Crippen molar-refractivity contribution in [2.24, 2.45) is 0 Å². The van der Waals surface area contributed by atoms with Crippen molar-refractivity contribution in [3.8, 4) is 22.3 Å². The molecular weight excluding hydrogens is 560 g/mol. The van der Waals surface area contributed by atoms with E-state index in [1.807, 2.05) is 69.8 Å². The highest BCUT2D eigenvalue weighted by Crippen LogP contribution is 2.36. The number of aryl methyl sites for hydroxylation is 1. The van der Waals surface area contributed by atoms with Crippen LogP contribution in [-0.4, -0.2) is 49.4 Å². The van der Waals surface area contributed by atoms with Crippen molar-refractivity contribution in [2.45, 2.75) is 65.5 Å². The van der Waals surface area contributed by atoms with Gasteiger partial charge in [-0.25, -0.2) is 18.6 Å². The first-order valence-electron chi connectivity index (χ1n) is 15.0. The predicted octanol–water partition coefficient (Wildman–Crippen LogP) is 8.15. The highest BCUT2D eigenvalue weighted by molar-refractivity contribution is 5.97. The Kier molecular flexibility index (Phi) is 7.73. The molecular formula is C35H37F2N5O2. The zero-order valence-corrected chi connectivity index (χ0v) is 25.7. The van der Waals surface area contributed by atoms with Gasteiger partial charge in [-0.3, -0.25) is 4.68 Å². The van der Waals surface area contributed by atoms with Gasteiger partial charge in [0, 0.05) is 53.3 Å². The van der Waals surface area contributed by atoms with Gasteiger partial charge in [0.2, 0.25) is 0 Å². The van der Waals surface area contributed by atoms with Gasteiger partial charge in [-0.2, -0.15) is 5.10 Å². The number of fused-ring (bicyclic) bond motifs is 1. The van der Waals surface area contributed by atoms with Gasteiger partial charge in [-0.1, -0.05) is 24.3 Å². The SMILES string of the molecule is Cc1nn(Cc2cccc(F)c2)c(C)c1-c1c[nH]c2ncc(-c3ccc(C4CCN(C(=O)OC(C)(C)C)CC4)c(F)c3)cc12. The third-order valence-corrected chi connectivity index (χ3v) is 8.32. The molecule has 2 aromatic carbocycles. The van der Waals surface area contributed by atoms with Crippen molar-refractivity contribution in [1.29, 1.82) is 0 Å². The Balaban J connectivity index is 1.23. The van der Waals surface area contributed by atoms with Gasteiger partial charge >= 0.3 is 6.09 Å².